The van der Waals surface area contributed by atoms with Crippen LogP contribution in [0.5, 0.6) is 0 Å². The molecule has 0 aliphatic heterocycles. The van der Waals surface area contributed by atoms with Crippen molar-refractivity contribution >= 4 is 29.5 Å². The van der Waals surface area contributed by atoms with Crippen molar-refractivity contribution in [1.29, 1.82) is 0 Å². The van der Waals surface area contributed by atoms with E-state index in [-0.39, 0.29) is 11.9 Å². The van der Waals surface area contributed by atoms with Crippen LogP contribution >= 0.6 is 11.6 Å². The monoisotopic (exact) mass is 602 g/mol. The number of nitrogens with zero attached hydrogens (tertiary/aromatic N) is 4. The molecule has 2 aliphatic rings. The van der Waals surface area contributed by atoms with Gasteiger partial charge in [-0.1, -0.05) is 11.6 Å². The molecular weight excluding hydrogens is 556 g/mol. The zero-order valence-corrected chi connectivity index (χ0v) is 26.2. The summed E-state index contributed by atoms with van der Waals surface area (Å²) in [5, 5.41) is 17.6. The third kappa shape index (κ3) is 10.4. The van der Waals surface area contributed by atoms with Crippen LogP contribution in [-0.4, -0.2) is 69.1 Å². The number of ether oxygens (including phenoxy) is 1. The Bertz CT molecular complexity index is 1190. The van der Waals surface area contributed by atoms with E-state index in [1.165, 1.54) is 18.5 Å². The molecule has 0 saturated heterocycles. The number of hydrogen-bond acceptors (Lipinski definition) is 8. The van der Waals surface area contributed by atoms with Gasteiger partial charge in [-0.05, 0) is 90.9 Å². The zero-order valence-electron chi connectivity index (χ0n) is 25.5. The minimum Gasteiger partial charge on any atom is -0.444 e. The van der Waals surface area contributed by atoms with E-state index >= 15 is 0 Å². The number of aromatic nitrogens is 4. The molecule has 2 aromatic heterocycles. The predicted octanol–water partition coefficient (Wildman–Crippen LogP) is 4.61. The largest absolute Gasteiger partial charge is 0.444 e. The summed E-state index contributed by atoms with van der Waals surface area (Å²) in [6.45, 7) is 7.05. The van der Waals surface area contributed by atoms with Gasteiger partial charge in [0.05, 0.1) is 29.7 Å². The van der Waals surface area contributed by atoms with Gasteiger partial charge in [0.2, 0.25) is 11.9 Å². The van der Waals surface area contributed by atoms with Gasteiger partial charge in [-0.2, -0.15) is 5.10 Å². The van der Waals surface area contributed by atoms with Crippen LogP contribution in [0.4, 0.5) is 10.7 Å². The number of carbonyl (C=O) groups is 2. The summed E-state index contributed by atoms with van der Waals surface area (Å²) in [4.78, 5) is 33.1. The SMILES string of the molecule is Cn1ncc(-c2nc(NC3CCC(NCC(=O)NCCCCCNC(=O)OC(C)(C)C)CC3)ncc2Cl)c1CC1CC1. The summed E-state index contributed by atoms with van der Waals surface area (Å²) in [6.07, 6.45) is 13.2. The van der Waals surface area contributed by atoms with Crippen molar-refractivity contribution in [2.75, 3.05) is 25.0 Å². The maximum atomic E-state index is 12.3. The normalized spacial score (nSPS) is 18.9. The Morgan fingerprint density at radius 2 is 1.69 bits per heavy atom. The number of rotatable bonds is 14. The molecule has 0 unspecified atom stereocenters. The fourth-order valence-electron chi connectivity index (χ4n) is 5.21. The second-order valence-corrected chi connectivity index (χ2v) is 13.0. The molecule has 0 atom stereocenters. The first kappa shape index (κ1) is 32.0. The number of hydrogen-bond donors (Lipinski definition) is 4. The first-order chi connectivity index (χ1) is 20.1. The van der Waals surface area contributed by atoms with Crippen LogP contribution in [-0.2, 0) is 23.0 Å². The number of halogens is 1. The van der Waals surface area contributed by atoms with Crippen LogP contribution in [0.25, 0.3) is 11.3 Å². The molecule has 2 saturated carbocycles. The molecule has 11 nitrogen and oxygen atoms in total. The lowest BCUT2D eigenvalue weighted by Crippen LogP contribution is -2.42. The highest BCUT2D eigenvalue weighted by atomic mass is 35.5. The van der Waals surface area contributed by atoms with Crippen molar-refractivity contribution in [2.24, 2.45) is 13.0 Å². The van der Waals surface area contributed by atoms with E-state index in [1.54, 1.807) is 6.20 Å². The summed E-state index contributed by atoms with van der Waals surface area (Å²) in [5.41, 5.74) is 2.40. The predicted molar refractivity (Wildman–Crippen MR) is 164 cm³/mol. The Balaban J connectivity index is 1.10. The van der Waals surface area contributed by atoms with Gasteiger partial charge in [-0.25, -0.2) is 14.8 Å². The molecule has 12 heteroatoms. The molecule has 232 valence electrons. The maximum absolute atomic E-state index is 12.3. The fourth-order valence-corrected chi connectivity index (χ4v) is 5.40. The number of unbranched alkanes of at least 4 members (excludes halogenated alkanes) is 2. The van der Waals surface area contributed by atoms with E-state index in [1.807, 2.05) is 38.7 Å². The lowest BCUT2D eigenvalue weighted by molar-refractivity contribution is -0.120. The Hall–Kier alpha value is -2.92. The maximum Gasteiger partial charge on any atom is 0.407 e. The molecule has 2 fully saturated rings. The molecular formula is C30H47ClN8O3. The van der Waals surface area contributed by atoms with Crippen molar-refractivity contribution in [3.8, 4) is 11.3 Å². The minimum atomic E-state index is -0.490. The highest BCUT2D eigenvalue weighted by Crippen LogP contribution is 2.37. The van der Waals surface area contributed by atoms with Gasteiger partial charge in [0.1, 0.15) is 5.60 Å². The minimum absolute atomic E-state index is 0.0145. The molecule has 2 aliphatic carbocycles. The van der Waals surface area contributed by atoms with E-state index in [0.717, 1.165) is 68.5 Å². The highest BCUT2D eigenvalue weighted by Gasteiger charge is 2.27. The van der Waals surface area contributed by atoms with Crippen LogP contribution in [0.1, 0.15) is 84.3 Å². The number of aryl methyl sites for hydroxylation is 1. The zero-order chi connectivity index (χ0) is 30.1. The molecule has 4 rings (SSSR count). The molecule has 2 heterocycles. The second kappa shape index (κ2) is 15.0. The molecule has 42 heavy (non-hydrogen) atoms. The molecule has 0 radical (unpaired) electrons. The van der Waals surface area contributed by atoms with Crippen LogP contribution in [0.2, 0.25) is 5.02 Å². The standard InChI is InChI=1S/C30H47ClN8O3/c1-30(2,3)42-29(41)33-15-7-5-6-14-32-26(40)19-34-21-10-12-22(13-11-21)37-28-35-18-24(31)27(38-28)23-17-36-39(4)25(23)16-20-8-9-20/h17-18,20-22,34H,5-16,19H2,1-4H3,(H,32,40)(H,33,41)(H,35,37,38). The van der Waals surface area contributed by atoms with Gasteiger partial charge < -0.3 is 26.0 Å². The number of alkyl carbamates (subject to hydrolysis) is 1. The number of nitrogens with one attached hydrogen (secondary N) is 4. The molecule has 4 N–H and O–H groups in total. The van der Waals surface area contributed by atoms with E-state index in [2.05, 4.69) is 31.3 Å². The lowest BCUT2D eigenvalue weighted by atomic mass is 9.91. The van der Waals surface area contributed by atoms with E-state index in [0.29, 0.717) is 36.6 Å². The smallest absolute Gasteiger partial charge is 0.407 e. The van der Waals surface area contributed by atoms with Gasteiger partial charge in [0.25, 0.3) is 0 Å². The van der Waals surface area contributed by atoms with Crippen molar-refractivity contribution in [3.05, 3.63) is 23.1 Å². The first-order valence-corrected chi connectivity index (χ1v) is 15.7. The number of anilines is 1. The molecule has 2 amide bonds. The number of amides is 2. The Labute approximate surface area is 254 Å². The second-order valence-electron chi connectivity index (χ2n) is 12.6. The summed E-state index contributed by atoms with van der Waals surface area (Å²) >= 11 is 6.53. The van der Waals surface area contributed by atoms with Crippen molar-refractivity contribution in [3.63, 3.8) is 0 Å². The van der Waals surface area contributed by atoms with Crippen molar-refractivity contribution in [2.45, 2.75) is 103 Å². The average molecular weight is 603 g/mol. The van der Waals surface area contributed by atoms with Gasteiger partial charge in [-0.3, -0.25) is 9.48 Å². The summed E-state index contributed by atoms with van der Waals surface area (Å²) < 4.78 is 7.15. The van der Waals surface area contributed by atoms with E-state index < -0.39 is 11.7 Å². The Morgan fingerprint density at radius 3 is 2.38 bits per heavy atom. The lowest BCUT2D eigenvalue weighted by Gasteiger charge is -2.29. The summed E-state index contributed by atoms with van der Waals surface area (Å²) in [7, 11) is 1.97. The van der Waals surface area contributed by atoms with Crippen LogP contribution in [0.15, 0.2) is 12.4 Å². The fraction of sp³-hybridized carbons (Fsp3) is 0.700. The van der Waals surface area contributed by atoms with Crippen molar-refractivity contribution in [1.82, 2.24) is 35.7 Å². The Kier molecular flexibility index (Phi) is 11.4. The first-order valence-electron chi connectivity index (χ1n) is 15.3. The summed E-state index contributed by atoms with van der Waals surface area (Å²) in [5.74, 6) is 1.34. The Morgan fingerprint density at radius 1 is 1.00 bits per heavy atom. The molecule has 0 spiro atoms. The van der Waals surface area contributed by atoms with Gasteiger partial charge in [0, 0.05) is 43.5 Å². The van der Waals surface area contributed by atoms with Gasteiger partial charge in [0.15, 0.2) is 0 Å². The number of carbonyl (C=O) groups excluding carboxylic acids is 2. The third-order valence-corrected chi connectivity index (χ3v) is 7.97. The van der Waals surface area contributed by atoms with Gasteiger partial charge >= 0.3 is 6.09 Å². The van der Waals surface area contributed by atoms with E-state index in [9.17, 15) is 9.59 Å². The van der Waals surface area contributed by atoms with Crippen LogP contribution < -0.4 is 21.3 Å². The summed E-state index contributed by atoms with van der Waals surface area (Å²) in [6, 6.07) is 0.588. The van der Waals surface area contributed by atoms with Crippen LogP contribution in [0, 0.1) is 5.92 Å². The van der Waals surface area contributed by atoms with E-state index in [4.69, 9.17) is 21.3 Å². The molecule has 0 aromatic carbocycles. The quantitative estimate of drug-likeness (QED) is 0.230. The molecule has 0 bridgehead atoms. The average Bonchev–Trinajstić information content (AvgIpc) is 3.69. The third-order valence-electron chi connectivity index (χ3n) is 7.70. The molecule has 2 aromatic rings. The van der Waals surface area contributed by atoms with Crippen molar-refractivity contribution < 1.29 is 14.3 Å². The van der Waals surface area contributed by atoms with Crippen LogP contribution in [0.3, 0.4) is 0 Å². The topological polar surface area (TPSA) is 135 Å². The highest BCUT2D eigenvalue weighted by molar-refractivity contribution is 6.33. The van der Waals surface area contributed by atoms with Gasteiger partial charge in [-0.15, -0.1) is 0 Å².